The number of anilines is 1. The Bertz CT molecular complexity index is 333. The molecule has 0 amide bonds. The molecule has 1 saturated heterocycles. The molecule has 0 aliphatic carbocycles. The minimum absolute atomic E-state index is 0.365. The maximum Gasteiger partial charge on any atom is 0.158 e. The van der Waals surface area contributed by atoms with Crippen LogP contribution in [0.1, 0.15) is 5.69 Å². The largest absolute Gasteiger partial charge is 0.353 e. The first-order valence-corrected chi connectivity index (χ1v) is 4.58. The van der Waals surface area contributed by atoms with E-state index in [1.54, 1.807) is 6.20 Å². The van der Waals surface area contributed by atoms with Gasteiger partial charge in [-0.05, 0) is 0 Å². The lowest BCUT2D eigenvalue weighted by Gasteiger charge is -2.27. The smallest absolute Gasteiger partial charge is 0.158 e. The average molecular weight is 189 g/mol. The van der Waals surface area contributed by atoms with Gasteiger partial charge in [0.05, 0.1) is 12.4 Å². The van der Waals surface area contributed by atoms with Crippen LogP contribution in [0, 0.1) is 11.3 Å². The summed E-state index contributed by atoms with van der Waals surface area (Å²) in [5.74, 6) is 0.852. The Morgan fingerprint density at radius 1 is 1.29 bits per heavy atom. The Kier molecular flexibility index (Phi) is 2.56. The van der Waals surface area contributed by atoms with Gasteiger partial charge in [0.1, 0.15) is 11.9 Å². The minimum atomic E-state index is 0.365. The van der Waals surface area contributed by atoms with Crippen LogP contribution in [-0.4, -0.2) is 36.1 Å². The molecule has 0 saturated carbocycles. The van der Waals surface area contributed by atoms with Crippen molar-refractivity contribution in [3.63, 3.8) is 0 Å². The second-order valence-corrected chi connectivity index (χ2v) is 3.11. The summed E-state index contributed by atoms with van der Waals surface area (Å²) in [5, 5.41) is 11.8. The molecular formula is C9H11N5. The van der Waals surface area contributed by atoms with Crippen LogP contribution in [0.15, 0.2) is 12.4 Å². The van der Waals surface area contributed by atoms with Crippen molar-refractivity contribution in [1.82, 2.24) is 15.3 Å². The van der Waals surface area contributed by atoms with E-state index in [4.69, 9.17) is 5.26 Å². The number of nitriles is 1. The van der Waals surface area contributed by atoms with E-state index in [0.29, 0.717) is 5.69 Å². The van der Waals surface area contributed by atoms with Gasteiger partial charge >= 0.3 is 0 Å². The lowest BCUT2D eigenvalue weighted by atomic mass is 10.3. The molecule has 0 radical (unpaired) electrons. The van der Waals surface area contributed by atoms with Crippen molar-refractivity contribution in [2.75, 3.05) is 31.1 Å². The number of rotatable bonds is 1. The first-order valence-electron chi connectivity index (χ1n) is 4.58. The summed E-state index contributed by atoms with van der Waals surface area (Å²) in [6.07, 6.45) is 3.17. The van der Waals surface area contributed by atoms with Gasteiger partial charge in [-0.25, -0.2) is 9.97 Å². The number of nitrogens with one attached hydrogen (secondary N) is 1. The van der Waals surface area contributed by atoms with Crippen LogP contribution in [-0.2, 0) is 0 Å². The molecule has 0 spiro atoms. The highest BCUT2D eigenvalue weighted by Crippen LogP contribution is 2.08. The summed E-state index contributed by atoms with van der Waals surface area (Å²) in [6, 6.07) is 1.95. The lowest BCUT2D eigenvalue weighted by Crippen LogP contribution is -2.43. The van der Waals surface area contributed by atoms with Crippen LogP contribution in [0.4, 0.5) is 5.82 Å². The predicted molar refractivity (Wildman–Crippen MR) is 51.8 cm³/mol. The van der Waals surface area contributed by atoms with Crippen LogP contribution in [0.3, 0.4) is 0 Å². The molecule has 0 bridgehead atoms. The number of piperazine rings is 1. The molecule has 2 heterocycles. The molecule has 5 nitrogen and oxygen atoms in total. The van der Waals surface area contributed by atoms with Crippen LogP contribution >= 0.6 is 0 Å². The molecule has 72 valence electrons. The molecule has 14 heavy (non-hydrogen) atoms. The maximum absolute atomic E-state index is 8.56. The lowest BCUT2D eigenvalue weighted by molar-refractivity contribution is 0.584. The minimum Gasteiger partial charge on any atom is -0.353 e. The van der Waals surface area contributed by atoms with Crippen LogP contribution in [0.25, 0.3) is 0 Å². The predicted octanol–water partition coefficient (Wildman–Crippen LogP) is -0.242. The van der Waals surface area contributed by atoms with E-state index in [9.17, 15) is 0 Å². The Hall–Kier alpha value is -1.67. The first-order chi connectivity index (χ1) is 6.90. The molecule has 0 atom stereocenters. The van der Waals surface area contributed by atoms with Crippen molar-refractivity contribution in [3.05, 3.63) is 18.1 Å². The van der Waals surface area contributed by atoms with E-state index in [0.717, 1.165) is 32.0 Å². The molecule has 1 aromatic heterocycles. The quantitative estimate of drug-likeness (QED) is 0.660. The summed E-state index contributed by atoms with van der Waals surface area (Å²) >= 11 is 0. The van der Waals surface area contributed by atoms with Gasteiger partial charge in [-0.3, -0.25) is 0 Å². The molecule has 0 unspecified atom stereocenters. The van der Waals surface area contributed by atoms with Crippen molar-refractivity contribution in [2.24, 2.45) is 0 Å². The van der Waals surface area contributed by atoms with Crippen molar-refractivity contribution in [1.29, 1.82) is 5.26 Å². The van der Waals surface area contributed by atoms with Crippen molar-refractivity contribution in [3.8, 4) is 6.07 Å². The highest BCUT2D eigenvalue weighted by atomic mass is 15.2. The summed E-state index contributed by atoms with van der Waals surface area (Å²) in [7, 11) is 0. The number of hydrogen-bond acceptors (Lipinski definition) is 5. The fourth-order valence-electron chi connectivity index (χ4n) is 1.44. The summed E-state index contributed by atoms with van der Waals surface area (Å²) in [5.41, 5.74) is 0.365. The van der Waals surface area contributed by atoms with E-state index in [1.165, 1.54) is 6.20 Å². The second-order valence-electron chi connectivity index (χ2n) is 3.11. The highest BCUT2D eigenvalue weighted by Gasteiger charge is 2.11. The van der Waals surface area contributed by atoms with E-state index in [1.807, 2.05) is 6.07 Å². The van der Waals surface area contributed by atoms with Gasteiger partial charge in [0, 0.05) is 26.2 Å². The first kappa shape index (κ1) is 8.91. The molecule has 1 aliphatic heterocycles. The Balaban J connectivity index is 2.12. The zero-order valence-electron chi connectivity index (χ0n) is 7.77. The monoisotopic (exact) mass is 189 g/mol. The fraction of sp³-hybridized carbons (Fsp3) is 0.444. The third kappa shape index (κ3) is 1.80. The standard InChI is InChI=1S/C9H11N5/c10-5-8-6-13-9(7-12-8)14-3-1-11-2-4-14/h6-7,11H,1-4H2. The second kappa shape index (κ2) is 4.03. The van der Waals surface area contributed by atoms with Crippen molar-refractivity contribution in [2.45, 2.75) is 0 Å². The SMILES string of the molecule is N#Cc1cnc(N2CCNCC2)cn1. The van der Waals surface area contributed by atoms with Gasteiger partial charge in [0.15, 0.2) is 5.69 Å². The van der Waals surface area contributed by atoms with Crippen molar-refractivity contribution < 1.29 is 0 Å². The number of nitrogens with zero attached hydrogens (tertiary/aromatic N) is 4. The highest BCUT2D eigenvalue weighted by molar-refractivity contribution is 5.37. The molecule has 2 rings (SSSR count). The summed E-state index contributed by atoms with van der Waals surface area (Å²) < 4.78 is 0. The third-order valence-corrected chi connectivity index (χ3v) is 2.19. The van der Waals surface area contributed by atoms with Gasteiger partial charge < -0.3 is 10.2 Å². The molecular weight excluding hydrogens is 178 g/mol. The maximum atomic E-state index is 8.56. The van der Waals surface area contributed by atoms with E-state index >= 15 is 0 Å². The van der Waals surface area contributed by atoms with Crippen LogP contribution < -0.4 is 10.2 Å². The number of hydrogen-bond donors (Lipinski definition) is 1. The molecule has 5 heteroatoms. The molecule has 1 aromatic rings. The molecule has 1 N–H and O–H groups in total. The van der Waals surface area contributed by atoms with E-state index in [2.05, 4.69) is 20.2 Å². The molecule has 1 fully saturated rings. The topological polar surface area (TPSA) is 64.8 Å². The Morgan fingerprint density at radius 2 is 2.07 bits per heavy atom. The number of aromatic nitrogens is 2. The van der Waals surface area contributed by atoms with Crippen molar-refractivity contribution >= 4 is 5.82 Å². The van der Waals surface area contributed by atoms with E-state index in [-0.39, 0.29) is 0 Å². The van der Waals surface area contributed by atoms with Gasteiger partial charge in [0.25, 0.3) is 0 Å². The Labute approximate surface area is 82.4 Å². The zero-order chi connectivity index (χ0) is 9.80. The summed E-state index contributed by atoms with van der Waals surface area (Å²) in [4.78, 5) is 10.3. The van der Waals surface area contributed by atoms with Crippen LogP contribution in [0.2, 0.25) is 0 Å². The average Bonchev–Trinajstić information content (AvgIpc) is 2.30. The van der Waals surface area contributed by atoms with E-state index < -0.39 is 0 Å². The van der Waals surface area contributed by atoms with Gasteiger partial charge in [-0.1, -0.05) is 0 Å². The fourth-order valence-corrected chi connectivity index (χ4v) is 1.44. The third-order valence-electron chi connectivity index (χ3n) is 2.19. The zero-order valence-corrected chi connectivity index (χ0v) is 7.77. The van der Waals surface area contributed by atoms with Gasteiger partial charge in [0.2, 0.25) is 0 Å². The Morgan fingerprint density at radius 3 is 2.64 bits per heavy atom. The van der Waals surface area contributed by atoms with Gasteiger partial charge in [-0.15, -0.1) is 0 Å². The molecule has 0 aromatic carbocycles. The normalized spacial score (nSPS) is 16.4. The molecule has 1 aliphatic rings. The van der Waals surface area contributed by atoms with Crippen LogP contribution in [0.5, 0.6) is 0 Å². The summed E-state index contributed by atoms with van der Waals surface area (Å²) in [6.45, 7) is 3.84. The van der Waals surface area contributed by atoms with Gasteiger partial charge in [-0.2, -0.15) is 5.26 Å².